The molecule has 2 aromatic carbocycles. The summed E-state index contributed by atoms with van der Waals surface area (Å²) < 4.78 is 31.1. The lowest BCUT2D eigenvalue weighted by Gasteiger charge is -2.29. The van der Waals surface area contributed by atoms with E-state index in [1.54, 1.807) is 45.0 Å². The fourth-order valence-electron chi connectivity index (χ4n) is 2.94. The van der Waals surface area contributed by atoms with E-state index < -0.39 is 27.9 Å². The molecule has 0 aliphatic rings. The van der Waals surface area contributed by atoms with Gasteiger partial charge in [0.25, 0.3) is 0 Å². The number of hydrogen-bond acceptors (Lipinski definition) is 5. The lowest BCUT2D eigenvalue weighted by atomic mass is 10.1. The molecule has 0 bridgehead atoms. The molecule has 0 spiro atoms. The van der Waals surface area contributed by atoms with Crippen molar-refractivity contribution in [1.29, 1.82) is 0 Å². The summed E-state index contributed by atoms with van der Waals surface area (Å²) in [6, 6.07) is 8.57. The van der Waals surface area contributed by atoms with Crippen molar-refractivity contribution in [2.75, 3.05) is 22.5 Å². The average molecular weight is 453 g/mol. The number of rotatable bonds is 7. The van der Waals surface area contributed by atoms with Crippen molar-refractivity contribution < 1.29 is 22.7 Å². The van der Waals surface area contributed by atoms with Crippen LogP contribution in [-0.2, 0) is 19.6 Å². The Balaban J connectivity index is 2.38. The van der Waals surface area contributed by atoms with Crippen LogP contribution in [0.1, 0.15) is 35.3 Å². The van der Waals surface area contributed by atoms with Gasteiger partial charge in [-0.15, -0.1) is 0 Å². The zero-order valence-electron chi connectivity index (χ0n) is 17.5. The molecule has 0 saturated heterocycles. The molecule has 0 saturated carbocycles. The van der Waals surface area contributed by atoms with Gasteiger partial charge in [0.1, 0.15) is 6.04 Å². The Morgan fingerprint density at radius 3 is 2.37 bits per heavy atom. The summed E-state index contributed by atoms with van der Waals surface area (Å²) >= 11 is 6.05. The summed E-state index contributed by atoms with van der Waals surface area (Å²) in [6.07, 6.45) is 1.03. The number of nitrogens with zero attached hydrogens (tertiary/aromatic N) is 1. The molecule has 0 radical (unpaired) electrons. The lowest BCUT2D eigenvalue weighted by Crippen LogP contribution is -2.45. The number of aryl methyl sites for hydroxylation is 2. The van der Waals surface area contributed by atoms with Crippen LogP contribution in [0.5, 0.6) is 0 Å². The third-order valence-electron chi connectivity index (χ3n) is 4.50. The standard InChI is InChI=1S/C21H25ClN2O5S/c1-6-29-21(26)16-9-7-13(2)18(11-16)23-20(25)15(4)24(30(5,27)28)19-12-17(22)10-8-14(19)3/h7-12,15H,6H2,1-5H3,(H,23,25)/t15-/m1/s1. The van der Waals surface area contributed by atoms with Gasteiger partial charge in [-0.25, -0.2) is 13.2 Å². The highest BCUT2D eigenvalue weighted by atomic mass is 35.5. The molecule has 0 aromatic heterocycles. The SMILES string of the molecule is CCOC(=O)c1ccc(C)c(NC(=O)[C@@H](C)N(c2cc(Cl)ccc2C)S(C)(=O)=O)c1. The number of hydrogen-bond donors (Lipinski definition) is 1. The fraction of sp³-hybridized carbons (Fsp3) is 0.333. The van der Waals surface area contributed by atoms with E-state index in [0.29, 0.717) is 27.5 Å². The number of esters is 1. The molecule has 1 amide bonds. The van der Waals surface area contributed by atoms with Crippen LogP contribution < -0.4 is 9.62 Å². The monoisotopic (exact) mass is 452 g/mol. The van der Waals surface area contributed by atoms with Crippen molar-refractivity contribution in [2.45, 2.75) is 33.7 Å². The second-order valence-corrected chi connectivity index (χ2v) is 9.20. The van der Waals surface area contributed by atoms with Crippen LogP contribution >= 0.6 is 11.6 Å². The van der Waals surface area contributed by atoms with Crippen LogP contribution in [-0.4, -0.2) is 39.2 Å². The summed E-state index contributed by atoms with van der Waals surface area (Å²) in [7, 11) is -3.79. The molecular weight excluding hydrogens is 428 g/mol. The molecule has 0 unspecified atom stereocenters. The van der Waals surface area contributed by atoms with E-state index in [2.05, 4.69) is 5.32 Å². The topological polar surface area (TPSA) is 92.8 Å². The molecule has 2 rings (SSSR count). The molecule has 0 aliphatic carbocycles. The van der Waals surface area contributed by atoms with E-state index >= 15 is 0 Å². The molecule has 0 aliphatic heterocycles. The normalized spacial score (nSPS) is 12.2. The van der Waals surface area contributed by atoms with E-state index in [1.165, 1.54) is 19.1 Å². The number of sulfonamides is 1. The van der Waals surface area contributed by atoms with Gasteiger partial charge in [-0.1, -0.05) is 23.7 Å². The number of anilines is 2. The predicted octanol–water partition coefficient (Wildman–Crippen LogP) is 3.93. The van der Waals surface area contributed by atoms with E-state index in [0.717, 1.165) is 10.6 Å². The number of nitrogens with one attached hydrogen (secondary N) is 1. The molecule has 0 heterocycles. The maximum Gasteiger partial charge on any atom is 0.338 e. The van der Waals surface area contributed by atoms with Crippen molar-refractivity contribution in [2.24, 2.45) is 0 Å². The number of ether oxygens (including phenoxy) is 1. The minimum atomic E-state index is -3.79. The molecule has 1 atom stereocenters. The van der Waals surface area contributed by atoms with Crippen LogP contribution in [0.4, 0.5) is 11.4 Å². The van der Waals surface area contributed by atoms with Crippen LogP contribution in [0.2, 0.25) is 5.02 Å². The van der Waals surface area contributed by atoms with Crippen molar-refractivity contribution in [3.05, 3.63) is 58.1 Å². The molecule has 162 valence electrons. The Morgan fingerprint density at radius 2 is 1.77 bits per heavy atom. The average Bonchev–Trinajstić information content (AvgIpc) is 2.65. The van der Waals surface area contributed by atoms with Gasteiger partial charge in [-0.3, -0.25) is 9.10 Å². The first kappa shape index (κ1) is 23.7. The van der Waals surface area contributed by atoms with Gasteiger partial charge in [0.2, 0.25) is 15.9 Å². The van der Waals surface area contributed by atoms with Crippen LogP contribution in [0.3, 0.4) is 0 Å². The quantitative estimate of drug-likeness (QED) is 0.642. The number of amides is 1. The molecule has 30 heavy (non-hydrogen) atoms. The number of carbonyl (C=O) groups is 2. The fourth-order valence-corrected chi connectivity index (χ4v) is 4.33. The van der Waals surface area contributed by atoms with Crippen LogP contribution in [0, 0.1) is 13.8 Å². The largest absolute Gasteiger partial charge is 0.462 e. The Morgan fingerprint density at radius 1 is 1.13 bits per heavy atom. The van der Waals surface area contributed by atoms with E-state index in [4.69, 9.17) is 16.3 Å². The van der Waals surface area contributed by atoms with Gasteiger partial charge < -0.3 is 10.1 Å². The van der Waals surface area contributed by atoms with Crippen LogP contribution in [0.25, 0.3) is 0 Å². The van der Waals surface area contributed by atoms with E-state index in [9.17, 15) is 18.0 Å². The highest BCUT2D eigenvalue weighted by Gasteiger charge is 2.30. The van der Waals surface area contributed by atoms with Gasteiger partial charge in [-0.2, -0.15) is 0 Å². The van der Waals surface area contributed by atoms with E-state index in [-0.39, 0.29) is 12.2 Å². The van der Waals surface area contributed by atoms with Crippen LogP contribution in [0.15, 0.2) is 36.4 Å². The Hall–Kier alpha value is -2.58. The Kier molecular flexibility index (Phi) is 7.49. The third kappa shape index (κ3) is 5.52. The van der Waals surface area contributed by atoms with Crippen molar-refractivity contribution in [3.63, 3.8) is 0 Å². The highest BCUT2D eigenvalue weighted by Crippen LogP contribution is 2.29. The molecule has 9 heteroatoms. The molecule has 2 aromatic rings. The zero-order valence-corrected chi connectivity index (χ0v) is 19.1. The second-order valence-electron chi connectivity index (χ2n) is 6.91. The zero-order chi connectivity index (χ0) is 22.6. The smallest absolute Gasteiger partial charge is 0.338 e. The summed E-state index contributed by atoms with van der Waals surface area (Å²) in [5, 5.41) is 3.07. The first-order valence-electron chi connectivity index (χ1n) is 9.30. The van der Waals surface area contributed by atoms with Crippen molar-refractivity contribution >= 4 is 44.9 Å². The number of halogens is 1. The van der Waals surface area contributed by atoms with Gasteiger partial charge >= 0.3 is 5.97 Å². The summed E-state index contributed by atoms with van der Waals surface area (Å²) in [5.41, 5.74) is 2.38. The van der Waals surface area contributed by atoms with Gasteiger partial charge in [0.05, 0.1) is 24.1 Å². The third-order valence-corrected chi connectivity index (χ3v) is 5.97. The molecule has 0 fully saturated rings. The second kappa shape index (κ2) is 9.49. The predicted molar refractivity (Wildman–Crippen MR) is 119 cm³/mol. The summed E-state index contributed by atoms with van der Waals surface area (Å²) in [5.74, 6) is -1.06. The maximum absolute atomic E-state index is 13.0. The summed E-state index contributed by atoms with van der Waals surface area (Å²) in [6.45, 7) is 6.93. The number of benzene rings is 2. The van der Waals surface area contributed by atoms with Crippen molar-refractivity contribution in [1.82, 2.24) is 0 Å². The Labute approximate surface area is 182 Å². The van der Waals surface area contributed by atoms with Gasteiger partial charge in [0.15, 0.2) is 0 Å². The molecular formula is C21H25ClN2O5S. The summed E-state index contributed by atoms with van der Waals surface area (Å²) in [4.78, 5) is 24.9. The van der Waals surface area contributed by atoms with Gasteiger partial charge in [0, 0.05) is 10.7 Å². The van der Waals surface area contributed by atoms with Crippen molar-refractivity contribution in [3.8, 4) is 0 Å². The first-order chi connectivity index (χ1) is 14.0. The molecule has 7 nitrogen and oxygen atoms in total. The maximum atomic E-state index is 13.0. The Bertz CT molecular complexity index is 1070. The van der Waals surface area contributed by atoms with Gasteiger partial charge in [-0.05, 0) is 63.1 Å². The van der Waals surface area contributed by atoms with E-state index in [1.807, 2.05) is 0 Å². The minimum absolute atomic E-state index is 0.230. The lowest BCUT2D eigenvalue weighted by molar-refractivity contribution is -0.116. The highest BCUT2D eigenvalue weighted by molar-refractivity contribution is 7.92. The minimum Gasteiger partial charge on any atom is -0.462 e. The molecule has 1 N–H and O–H groups in total. The first-order valence-corrected chi connectivity index (χ1v) is 11.5. The number of carbonyl (C=O) groups excluding carboxylic acids is 2.